The molecular formula is C15H18N2O3. The number of hydrogen-bond donors (Lipinski definition) is 0. The van der Waals surface area contributed by atoms with Crippen LogP contribution >= 0.6 is 0 Å². The number of amides is 1. The Bertz CT molecular complexity index is 504. The highest BCUT2D eigenvalue weighted by molar-refractivity contribution is 5.77. The largest absolute Gasteiger partial charge is 0.482 e. The van der Waals surface area contributed by atoms with Gasteiger partial charge in [-0.2, -0.15) is 5.26 Å². The summed E-state index contributed by atoms with van der Waals surface area (Å²) in [5.74, 6) is 0.321. The highest BCUT2D eigenvalue weighted by atomic mass is 16.5. The van der Waals surface area contributed by atoms with E-state index >= 15 is 0 Å². The maximum Gasteiger partial charge on any atom is 0.260 e. The van der Waals surface area contributed by atoms with Crippen molar-refractivity contribution in [3.8, 4) is 11.8 Å². The van der Waals surface area contributed by atoms with Crippen molar-refractivity contribution in [2.45, 2.75) is 18.9 Å². The Morgan fingerprint density at radius 1 is 1.55 bits per heavy atom. The molecule has 1 aliphatic rings. The van der Waals surface area contributed by atoms with Crippen LogP contribution in [0.4, 0.5) is 0 Å². The van der Waals surface area contributed by atoms with Gasteiger partial charge in [0.25, 0.3) is 5.91 Å². The summed E-state index contributed by atoms with van der Waals surface area (Å²) >= 11 is 0. The first-order valence-corrected chi connectivity index (χ1v) is 6.68. The molecule has 5 heteroatoms. The van der Waals surface area contributed by atoms with Gasteiger partial charge in [0.05, 0.1) is 11.7 Å². The van der Waals surface area contributed by atoms with E-state index in [1.54, 1.807) is 36.2 Å². The number of ether oxygens (including phenoxy) is 2. The number of benzene rings is 1. The maximum absolute atomic E-state index is 12.0. The zero-order valence-electron chi connectivity index (χ0n) is 11.5. The Morgan fingerprint density at radius 2 is 2.35 bits per heavy atom. The minimum absolute atomic E-state index is 0.0675. The average molecular weight is 274 g/mol. The van der Waals surface area contributed by atoms with Crippen molar-refractivity contribution in [1.29, 1.82) is 5.26 Å². The lowest BCUT2D eigenvalue weighted by atomic mass is 10.2. The van der Waals surface area contributed by atoms with Crippen LogP contribution < -0.4 is 4.74 Å². The van der Waals surface area contributed by atoms with Crippen LogP contribution in [0.5, 0.6) is 5.75 Å². The smallest absolute Gasteiger partial charge is 0.260 e. The molecule has 1 aromatic carbocycles. The summed E-state index contributed by atoms with van der Waals surface area (Å²) in [5, 5.41) is 8.94. The van der Waals surface area contributed by atoms with Crippen LogP contribution in [0.15, 0.2) is 24.3 Å². The Kier molecular flexibility index (Phi) is 4.97. The van der Waals surface area contributed by atoms with Crippen LogP contribution in [0.3, 0.4) is 0 Å². The Hall–Kier alpha value is -2.06. The number of likely N-dealkylation sites (N-methyl/N-ethyl adjacent to an activating group) is 1. The van der Waals surface area contributed by atoms with Crippen LogP contribution in [0.2, 0.25) is 0 Å². The Morgan fingerprint density at radius 3 is 3.05 bits per heavy atom. The predicted molar refractivity (Wildman–Crippen MR) is 73.3 cm³/mol. The van der Waals surface area contributed by atoms with Crippen molar-refractivity contribution in [3.63, 3.8) is 0 Å². The van der Waals surface area contributed by atoms with Gasteiger partial charge in [-0.1, -0.05) is 12.1 Å². The maximum atomic E-state index is 12.0. The van der Waals surface area contributed by atoms with Gasteiger partial charge >= 0.3 is 0 Å². The van der Waals surface area contributed by atoms with E-state index in [9.17, 15) is 4.79 Å². The van der Waals surface area contributed by atoms with Crippen LogP contribution in [0, 0.1) is 11.3 Å². The fraction of sp³-hybridized carbons (Fsp3) is 0.467. The average Bonchev–Trinajstić information content (AvgIpc) is 2.97. The molecule has 0 spiro atoms. The summed E-state index contributed by atoms with van der Waals surface area (Å²) in [7, 11) is 1.74. The first kappa shape index (κ1) is 14.4. The van der Waals surface area contributed by atoms with E-state index in [4.69, 9.17) is 14.7 Å². The molecule has 0 aromatic heterocycles. The summed E-state index contributed by atoms with van der Waals surface area (Å²) in [6, 6.07) is 8.92. The highest BCUT2D eigenvalue weighted by Gasteiger charge is 2.20. The number of carbonyl (C=O) groups excluding carboxylic acids is 1. The van der Waals surface area contributed by atoms with Crippen LogP contribution in [-0.4, -0.2) is 43.7 Å². The lowest BCUT2D eigenvalue weighted by Crippen LogP contribution is -2.37. The normalized spacial score (nSPS) is 17.5. The first-order valence-electron chi connectivity index (χ1n) is 6.68. The topological polar surface area (TPSA) is 62.6 Å². The summed E-state index contributed by atoms with van der Waals surface area (Å²) < 4.78 is 10.9. The van der Waals surface area contributed by atoms with E-state index < -0.39 is 0 Å². The van der Waals surface area contributed by atoms with E-state index in [-0.39, 0.29) is 18.6 Å². The van der Waals surface area contributed by atoms with Gasteiger partial charge < -0.3 is 14.4 Å². The molecule has 5 nitrogen and oxygen atoms in total. The number of rotatable bonds is 5. The SMILES string of the molecule is CN(CC1CCCO1)C(=O)COc1ccccc1C#N. The molecule has 1 heterocycles. The molecule has 1 fully saturated rings. The molecule has 1 amide bonds. The van der Waals surface area contributed by atoms with Crippen molar-refractivity contribution in [2.75, 3.05) is 26.8 Å². The number of carbonyl (C=O) groups is 1. The van der Waals surface area contributed by atoms with Crippen molar-refractivity contribution in [1.82, 2.24) is 4.90 Å². The van der Waals surface area contributed by atoms with Crippen LogP contribution in [-0.2, 0) is 9.53 Å². The fourth-order valence-corrected chi connectivity index (χ4v) is 2.13. The molecule has 0 radical (unpaired) electrons. The molecule has 2 rings (SSSR count). The summed E-state index contributed by atoms with van der Waals surface area (Å²) in [6.45, 7) is 1.29. The molecule has 20 heavy (non-hydrogen) atoms. The standard InChI is InChI=1S/C15H18N2O3/c1-17(10-13-6-4-8-19-13)15(18)11-20-14-7-3-2-5-12(14)9-16/h2-3,5,7,13H,4,6,8,10-11H2,1H3. The zero-order chi connectivity index (χ0) is 14.4. The summed E-state index contributed by atoms with van der Waals surface area (Å²) in [5.41, 5.74) is 0.432. The molecule has 0 bridgehead atoms. The van der Waals surface area contributed by atoms with Gasteiger partial charge in [0.15, 0.2) is 6.61 Å². The van der Waals surface area contributed by atoms with Gasteiger partial charge in [-0.3, -0.25) is 4.79 Å². The van der Waals surface area contributed by atoms with Crippen molar-refractivity contribution in [2.24, 2.45) is 0 Å². The number of nitrogens with zero attached hydrogens (tertiary/aromatic N) is 2. The third-order valence-corrected chi connectivity index (χ3v) is 3.29. The molecular weight excluding hydrogens is 256 g/mol. The molecule has 0 aliphatic carbocycles. The van der Waals surface area contributed by atoms with E-state index in [0.29, 0.717) is 17.9 Å². The highest BCUT2D eigenvalue weighted by Crippen LogP contribution is 2.17. The van der Waals surface area contributed by atoms with Gasteiger partial charge in [-0.25, -0.2) is 0 Å². The first-order chi connectivity index (χ1) is 9.70. The molecule has 1 aliphatic heterocycles. The second-order valence-corrected chi connectivity index (χ2v) is 4.81. The number of nitriles is 1. The lowest BCUT2D eigenvalue weighted by Gasteiger charge is -2.21. The van der Waals surface area contributed by atoms with E-state index in [2.05, 4.69) is 0 Å². The van der Waals surface area contributed by atoms with Gasteiger partial charge in [0.1, 0.15) is 11.8 Å². The minimum Gasteiger partial charge on any atom is -0.482 e. The Balaban J connectivity index is 1.83. The second kappa shape index (κ2) is 6.92. The van der Waals surface area contributed by atoms with Crippen LogP contribution in [0.1, 0.15) is 18.4 Å². The van der Waals surface area contributed by atoms with Crippen molar-refractivity contribution in [3.05, 3.63) is 29.8 Å². The summed E-state index contributed by atoms with van der Waals surface area (Å²) in [6.07, 6.45) is 2.18. The molecule has 1 saturated heterocycles. The molecule has 0 N–H and O–H groups in total. The molecule has 1 atom stereocenters. The molecule has 106 valence electrons. The fourth-order valence-electron chi connectivity index (χ4n) is 2.13. The van der Waals surface area contributed by atoms with Crippen molar-refractivity contribution >= 4 is 5.91 Å². The number of hydrogen-bond acceptors (Lipinski definition) is 4. The Labute approximate surface area is 118 Å². The van der Waals surface area contributed by atoms with Gasteiger partial charge in [-0.15, -0.1) is 0 Å². The van der Waals surface area contributed by atoms with Gasteiger partial charge in [-0.05, 0) is 25.0 Å². The molecule has 1 aromatic rings. The summed E-state index contributed by atoms with van der Waals surface area (Å²) in [4.78, 5) is 13.6. The lowest BCUT2D eigenvalue weighted by molar-refractivity contribution is -0.133. The quantitative estimate of drug-likeness (QED) is 0.817. The van der Waals surface area contributed by atoms with E-state index in [1.165, 1.54) is 0 Å². The van der Waals surface area contributed by atoms with Crippen LogP contribution in [0.25, 0.3) is 0 Å². The monoisotopic (exact) mass is 274 g/mol. The van der Waals surface area contributed by atoms with E-state index in [0.717, 1.165) is 19.4 Å². The number of para-hydroxylation sites is 1. The molecule has 1 unspecified atom stereocenters. The van der Waals surface area contributed by atoms with Gasteiger partial charge in [0, 0.05) is 20.2 Å². The van der Waals surface area contributed by atoms with Crippen molar-refractivity contribution < 1.29 is 14.3 Å². The zero-order valence-corrected chi connectivity index (χ0v) is 11.5. The third kappa shape index (κ3) is 3.72. The van der Waals surface area contributed by atoms with Gasteiger partial charge in [0.2, 0.25) is 0 Å². The third-order valence-electron chi connectivity index (χ3n) is 3.29. The minimum atomic E-state index is -0.117. The van der Waals surface area contributed by atoms with E-state index in [1.807, 2.05) is 6.07 Å². The predicted octanol–water partition coefficient (Wildman–Crippen LogP) is 1.57. The molecule has 0 saturated carbocycles. The second-order valence-electron chi connectivity index (χ2n) is 4.81.